The molecule has 1 aliphatic rings. The van der Waals surface area contributed by atoms with Crippen LogP contribution in [0.2, 0.25) is 0 Å². The van der Waals surface area contributed by atoms with Gasteiger partial charge in [-0.2, -0.15) is 0 Å². The van der Waals surface area contributed by atoms with Gasteiger partial charge in [0.1, 0.15) is 0 Å². The monoisotopic (exact) mass is 274 g/mol. The molecule has 0 radical (unpaired) electrons. The van der Waals surface area contributed by atoms with Gasteiger partial charge in [0.05, 0.1) is 0 Å². The van der Waals surface area contributed by atoms with Crippen molar-refractivity contribution in [3.05, 3.63) is 29.8 Å². The summed E-state index contributed by atoms with van der Waals surface area (Å²) < 4.78 is 0. The van der Waals surface area contributed by atoms with Gasteiger partial charge in [0.15, 0.2) is 0 Å². The first kappa shape index (κ1) is 15.4. The third kappa shape index (κ3) is 3.01. The fourth-order valence-electron chi connectivity index (χ4n) is 3.33. The van der Waals surface area contributed by atoms with Crippen molar-refractivity contribution in [1.82, 2.24) is 5.32 Å². The third-order valence-corrected chi connectivity index (χ3v) is 4.95. The van der Waals surface area contributed by atoms with Crippen molar-refractivity contribution in [2.75, 3.05) is 18.0 Å². The van der Waals surface area contributed by atoms with Gasteiger partial charge < -0.3 is 10.2 Å². The van der Waals surface area contributed by atoms with Crippen LogP contribution in [0.25, 0.3) is 0 Å². The van der Waals surface area contributed by atoms with Gasteiger partial charge in [-0.3, -0.25) is 0 Å². The minimum Gasteiger partial charge on any atom is -0.365 e. The highest BCUT2D eigenvalue weighted by Crippen LogP contribution is 2.30. The molecule has 1 N–H and O–H groups in total. The molecule has 0 aromatic heterocycles. The van der Waals surface area contributed by atoms with Crippen LogP contribution in [-0.2, 0) is 6.42 Å². The SMILES string of the molecule is CCCc1ccccc1N1CC(CC)(CC)NCC1C. The molecule has 0 bridgehead atoms. The first-order chi connectivity index (χ1) is 9.65. The van der Waals surface area contributed by atoms with Gasteiger partial charge in [0.25, 0.3) is 0 Å². The van der Waals surface area contributed by atoms with Crippen LogP contribution in [0.15, 0.2) is 24.3 Å². The second kappa shape index (κ2) is 6.62. The van der Waals surface area contributed by atoms with Crippen molar-refractivity contribution in [2.45, 2.75) is 65.0 Å². The Labute approximate surface area is 124 Å². The van der Waals surface area contributed by atoms with Crippen molar-refractivity contribution in [1.29, 1.82) is 0 Å². The molecule has 112 valence electrons. The minimum atomic E-state index is 0.284. The van der Waals surface area contributed by atoms with E-state index < -0.39 is 0 Å². The first-order valence-electron chi connectivity index (χ1n) is 8.25. The Bertz CT molecular complexity index is 423. The number of nitrogens with one attached hydrogen (secondary N) is 1. The average molecular weight is 274 g/mol. The van der Waals surface area contributed by atoms with Crippen molar-refractivity contribution >= 4 is 5.69 Å². The van der Waals surface area contributed by atoms with Crippen molar-refractivity contribution in [2.24, 2.45) is 0 Å². The molecule has 2 nitrogen and oxygen atoms in total. The number of rotatable bonds is 5. The fraction of sp³-hybridized carbons (Fsp3) is 0.667. The number of para-hydroxylation sites is 1. The van der Waals surface area contributed by atoms with Gasteiger partial charge in [-0.1, -0.05) is 45.4 Å². The lowest BCUT2D eigenvalue weighted by Gasteiger charge is -2.48. The molecular weight excluding hydrogens is 244 g/mol. The summed E-state index contributed by atoms with van der Waals surface area (Å²) >= 11 is 0. The molecule has 1 atom stereocenters. The number of benzene rings is 1. The summed E-state index contributed by atoms with van der Waals surface area (Å²) in [4.78, 5) is 2.63. The van der Waals surface area contributed by atoms with Crippen LogP contribution >= 0.6 is 0 Å². The quantitative estimate of drug-likeness (QED) is 0.873. The maximum atomic E-state index is 3.79. The lowest BCUT2D eigenvalue weighted by Crippen LogP contribution is -2.63. The van der Waals surface area contributed by atoms with Crippen LogP contribution in [-0.4, -0.2) is 24.7 Å². The van der Waals surface area contributed by atoms with Gasteiger partial charge in [0.2, 0.25) is 0 Å². The van der Waals surface area contributed by atoms with E-state index in [1.807, 2.05) is 0 Å². The van der Waals surface area contributed by atoms with Crippen LogP contribution in [0.3, 0.4) is 0 Å². The number of nitrogens with zero attached hydrogens (tertiary/aromatic N) is 1. The largest absolute Gasteiger partial charge is 0.365 e. The topological polar surface area (TPSA) is 15.3 Å². The van der Waals surface area contributed by atoms with E-state index in [0.29, 0.717) is 6.04 Å². The van der Waals surface area contributed by atoms with Gasteiger partial charge in [-0.15, -0.1) is 0 Å². The standard InChI is InChI=1S/C18H30N2/c1-5-10-16-11-8-9-12-17(16)20-14-18(6-2,7-3)19-13-15(20)4/h8-9,11-12,15,19H,5-7,10,13-14H2,1-4H3. The highest BCUT2D eigenvalue weighted by atomic mass is 15.3. The molecule has 0 spiro atoms. The van der Waals surface area contributed by atoms with Gasteiger partial charge >= 0.3 is 0 Å². The fourth-order valence-corrected chi connectivity index (χ4v) is 3.33. The molecule has 0 amide bonds. The Hall–Kier alpha value is -1.02. The summed E-state index contributed by atoms with van der Waals surface area (Å²) in [6.45, 7) is 11.4. The molecule has 0 saturated carbocycles. The van der Waals surface area contributed by atoms with Gasteiger partial charge in [0, 0.05) is 30.4 Å². The highest BCUT2D eigenvalue weighted by molar-refractivity contribution is 5.55. The predicted molar refractivity (Wildman–Crippen MR) is 88.6 cm³/mol. The van der Waals surface area contributed by atoms with E-state index in [1.165, 1.54) is 36.9 Å². The van der Waals surface area contributed by atoms with Crippen LogP contribution < -0.4 is 10.2 Å². The molecule has 1 unspecified atom stereocenters. The van der Waals surface area contributed by atoms with Crippen LogP contribution in [0.5, 0.6) is 0 Å². The molecule has 1 aromatic rings. The van der Waals surface area contributed by atoms with E-state index in [-0.39, 0.29) is 5.54 Å². The molecule has 1 saturated heterocycles. The molecule has 2 heteroatoms. The predicted octanol–water partition coefficient (Wildman–Crippen LogP) is 4.00. The highest BCUT2D eigenvalue weighted by Gasteiger charge is 2.35. The average Bonchev–Trinajstić information content (AvgIpc) is 2.49. The maximum Gasteiger partial charge on any atom is 0.0402 e. The second-order valence-corrected chi connectivity index (χ2v) is 6.22. The second-order valence-electron chi connectivity index (χ2n) is 6.22. The third-order valence-electron chi connectivity index (χ3n) is 4.95. The molecular formula is C18H30N2. The Balaban J connectivity index is 2.29. The Morgan fingerprint density at radius 2 is 1.90 bits per heavy atom. The lowest BCUT2D eigenvalue weighted by molar-refractivity contribution is 0.253. The zero-order chi connectivity index (χ0) is 14.6. The summed E-state index contributed by atoms with van der Waals surface area (Å²) in [6, 6.07) is 9.53. The molecule has 20 heavy (non-hydrogen) atoms. The lowest BCUT2D eigenvalue weighted by atomic mass is 9.88. The number of aryl methyl sites for hydroxylation is 1. The Kier molecular flexibility index (Phi) is 5.09. The Morgan fingerprint density at radius 1 is 1.20 bits per heavy atom. The van der Waals surface area contributed by atoms with Gasteiger partial charge in [-0.25, -0.2) is 0 Å². The normalized spacial score (nSPS) is 22.0. The van der Waals surface area contributed by atoms with Crippen molar-refractivity contribution in [3.8, 4) is 0 Å². The van der Waals surface area contributed by atoms with Crippen LogP contribution in [0, 0.1) is 0 Å². The number of anilines is 1. The summed E-state index contributed by atoms with van der Waals surface area (Å²) in [5.74, 6) is 0. The van der Waals surface area contributed by atoms with E-state index in [2.05, 4.69) is 62.2 Å². The molecule has 0 aliphatic carbocycles. The van der Waals surface area contributed by atoms with E-state index in [1.54, 1.807) is 0 Å². The summed E-state index contributed by atoms with van der Waals surface area (Å²) in [5.41, 5.74) is 3.24. The molecule has 1 aliphatic heterocycles. The number of piperazine rings is 1. The first-order valence-corrected chi connectivity index (χ1v) is 8.25. The number of hydrogen-bond donors (Lipinski definition) is 1. The zero-order valence-corrected chi connectivity index (χ0v) is 13.6. The van der Waals surface area contributed by atoms with Crippen molar-refractivity contribution in [3.63, 3.8) is 0 Å². The minimum absolute atomic E-state index is 0.284. The Morgan fingerprint density at radius 3 is 2.55 bits per heavy atom. The summed E-state index contributed by atoms with van der Waals surface area (Å²) in [5, 5.41) is 3.79. The van der Waals surface area contributed by atoms with E-state index in [0.717, 1.165) is 13.1 Å². The molecule has 1 fully saturated rings. The number of hydrogen-bond acceptors (Lipinski definition) is 2. The van der Waals surface area contributed by atoms with E-state index >= 15 is 0 Å². The summed E-state index contributed by atoms with van der Waals surface area (Å²) in [6.07, 6.45) is 4.79. The van der Waals surface area contributed by atoms with E-state index in [9.17, 15) is 0 Å². The van der Waals surface area contributed by atoms with Gasteiger partial charge in [-0.05, 0) is 37.8 Å². The van der Waals surface area contributed by atoms with Crippen molar-refractivity contribution < 1.29 is 0 Å². The smallest absolute Gasteiger partial charge is 0.0402 e. The maximum absolute atomic E-state index is 3.79. The van der Waals surface area contributed by atoms with E-state index in [4.69, 9.17) is 0 Å². The summed E-state index contributed by atoms with van der Waals surface area (Å²) in [7, 11) is 0. The van der Waals surface area contributed by atoms with Crippen LogP contribution in [0.4, 0.5) is 5.69 Å². The molecule has 1 aromatic carbocycles. The molecule has 1 heterocycles. The zero-order valence-electron chi connectivity index (χ0n) is 13.6. The van der Waals surface area contributed by atoms with Crippen LogP contribution in [0.1, 0.15) is 52.5 Å². The molecule has 2 rings (SSSR count).